The minimum atomic E-state index is -0.136. The van der Waals surface area contributed by atoms with Gasteiger partial charge in [-0.1, -0.05) is 35.9 Å². The van der Waals surface area contributed by atoms with Gasteiger partial charge in [0.25, 0.3) is 0 Å². The lowest BCUT2D eigenvalue weighted by Gasteiger charge is -2.23. The second-order valence-corrected chi connectivity index (χ2v) is 6.53. The van der Waals surface area contributed by atoms with E-state index in [0.717, 1.165) is 24.9 Å². The van der Waals surface area contributed by atoms with Crippen molar-refractivity contribution >= 4 is 22.6 Å². The summed E-state index contributed by atoms with van der Waals surface area (Å²) in [6.07, 6.45) is 2.82. The van der Waals surface area contributed by atoms with Gasteiger partial charge in [0.15, 0.2) is 0 Å². The number of carbonyl (C=O) groups is 1. The molecule has 0 radical (unpaired) electrons. The zero-order valence-electron chi connectivity index (χ0n) is 13.7. The van der Waals surface area contributed by atoms with Crippen LogP contribution < -0.4 is 10.6 Å². The molecule has 1 atom stereocenters. The SMILES string of the molecule is Cc1ccc(NC(=O)NC2CCc3c([nH]c4ccccc34)C2)cc1. The molecular weight excluding hydrogens is 298 g/mol. The highest BCUT2D eigenvalue weighted by Crippen LogP contribution is 2.29. The van der Waals surface area contributed by atoms with Crippen molar-refractivity contribution in [3.05, 3.63) is 65.4 Å². The van der Waals surface area contributed by atoms with Crippen molar-refractivity contribution in [3.8, 4) is 0 Å². The highest BCUT2D eigenvalue weighted by atomic mass is 16.2. The number of rotatable bonds is 2. The van der Waals surface area contributed by atoms with E-state index in [1.54, 1.807) is 0 Å². The second kappa shape index (κ2) is 6.04. The van der Waals surface area contributed by atoms with Crippen LogP contribution in [0.15, 0.2) is 48.5 Å². The number of benzene rings is 2. The summed E-state index contributed by atoms with van der Waals surface area (Å²) in [6.45, 7) is 2.03. The van der Waals surface area contributed by atoms with Crippen LogP contribution in [0.1, 0.15) is 23.2 Å². The zero-order valence-corrected chi connectivity index (χ0v) is 13.7. The van der Waals surface area contributed by atoms with Crippen LogP contribution in [0, 0.1) is 6.92 Å². The third-order valence-corrected chi connectivity index (χ3v) is 4.74. The average molecular weight is 319 g/mol. The molecule has 0 aliphatic heterocycles. The molecule has 1 aliphatic carbocycles. The highest BCUT2D eigenvalue weighted by molar-refractivity contribution is 5.89. The average Bonchev–Trinajstić information content (AvgIpc) is 2.94. The second-order valence-electron chi connectivity index (χ2n) is 6.53. The van der Waals surface area contributed by atoms with Gasteiger partial charge in [-0.2, -0.15) is 0 Å². The first kappa shape index (κ1) is 14.8. The molecule has 24 heavy (non-hydrogen) atoms. The number of aromatic nitrogens is 1. The smallest absolute Gasteiger partial charge is 0.319 e. The summed E-state index contributed by atoms with van der Waals surface area (Å²) in [6, 6.07) is 16.3. The number of amides is 2. The Morgan fingerprint density at radius 1 is 1.12 bits per heavy atom. The van der Waals surface area contributed by atoms with Gasteiger partial charge in [0.05, 0.1) is 0 Å². The Labute approximate surface area is 141 Å². The lowest BCUT2D eigenvalue weighted by molar-refractivity contribution is 0.247. The third-order valence-electron chi connectivity index (χ3n) is 4.74. The Morgan fingerprint density at radius 2 is 1.92 bits per heavy atom. The number of carbonyl (C=O) groups excluding carboxylic acids is 1. The zero-order chi connectivity index (χ0) is 16.5. The number of fused-ring (bicyclic) bond motifs is 3. The van der Waals surface area contributed by atoms with E-state index in [1.807, 2.05) is 31.2 Å². The van der Waals surface area contributed by atoms with Gasteiger partial charge in [-0.15, -0.1) is 0 Å². The van der Waals surface area contributed by atoms with Crippen molar-refractivity contribution < 1.29 is 4.79 Å². The van der Waals surface area contributed by atoms with Gasteiger partial charge in [-0.25, -0.2) is 4.79 Å². The van der Waals surface area contributed by atoms with Gasteiger partial charge in [0.1, 0.15) is 0 Å². The van der Waals surface area contributed by atoms with Crippen LogP contribution in [0.25, 0.3) is 10.9 Å². The first-order valence-electron chi connectivity index (χ1n) is 8.42. The molecule has 0 fully saturated rings. The highest BCUT2D eigenvalue weighted by Gasteiger charge is 2.23. The number of hydrogen-bond acceptors (Lipinski definition) is 1. The van der Waals surface area contributed by atoms with Gasteiger partial charge >= 0.3 is 6.03 Å². The quantitative estimate of drug-likeness (QED) is 0.653. The largest absolute Gasteiger partial charge is 0.358 e. The van der Waals surface area contributed by atoms with Gasteiger partial charge in [0.2, 0.25) is 0 Å². The molecule has 0 saturated carbocycles. The molecule has 0 bridgehead atoms. The number of H-pyrrole nitrogens is 1. The molecule has 1 heterocycles. The Balaban J connectivity index is 1.43. The predicted octanol–water partition coefficient (Wildman–Crippen LogP) is 4.16. The van der Waals surface area contributed by atoms with Crippen LogP contribution in [0.5, 0.6) is 0 Å². The number of aryl methyl sites for hydroxylation is 2. The molecular formula is C20H21N3O. The van der Waals surface area contributed by atoms with Gasteiger partial charge < -0.3 is 15.6 Å². The standard InChI is InChI=1S/C20H21N3O/c1-13-6-8-14(9-7-13)21-20(24)22-15-10-11-17-16-4-2-3-5-18(16)23-19(17)12-15/h2-9,15,23H,10-12H2,1H3,(H2,21,22,24). The summed E-state index contributed by atoms with van der Waals surface area (Å²) in [5.74, 6) is 0. The number of para-hydroxylation sites is 1. The van der Waals surface area contributed by atoms with Crippen molar-refractivity contribution in [2.75, 3.05) is 5.32 Å². The summed E-state index contributed by atoms with van der Waals surface area (Å²) >= 11 is 0. The minimum absolute atomic E-state index is 0.136. The fourth-order valence-electron chi connectivity index (χ4n) is 3.50. The van der Waals surface area contributed by atoms with Gasteiger partial charge in [-0.05, 0) is 43.5 Å². The number of aromatic amines is 1. The maximum atomic E-state index is 12.2. The topological polar surface area (TPSA) is 56.9 Å². The summed E-state index contributed by atoms with van der Waals surface area (Å²) in [5, 5.41) is 7.32. The first-order chi connectivity index (χ1) is 11.7. The van der Waals surface area contributed by atoms with Crippen LogP contribution in [-0.2, 0) is 12.8 Å². The van der Waals surface area contributed by atoms with Crippen LogP contribution in [0.4, 0.5) is 10.5 Å². The summed E-state index contributed by atoms with van der Waals surface area (Å²) in [4.78, 5) is 15.7. The Bertz CT molecular complexity index is 880. The van der Waals surface area contributed by atoms with Crippen LogP contribution in [-0.4, -0.2) is 17.1 Å². The van der Waals surface area contributed by atoms with Gasteiger partial charge in [0, 0.05) is 34.7 Å². The van der Waals surface area contributed by atoms with E-state index < -0.39 is 0 Å². The summed E-state index contributed by atoms with van der Waals surface area (Å²) in [5.41, 5.74) is 5.85. The molecule has 4 heteroatoms. The fraction of sp³-hybridized carbons (Fsp3) is 0.250. The van der Waals surface area contributed by atoms with Crippen LogP contribution in [0.3, 0.4) is 0 Å². The number of urea groups is 1. The van der Waals surface area contributed by atoms with E-state index in [9.17, 15) is 4.79 Å². The van der Waals surface area contributed by atoms with E-state index in [1.165, 1.54) is 27.7 Å². The first-order valence-corrected chi connectivity index (χ1v) is 8.42. The fourth-order valence-corrected chi connectivity index (χ4v) is 3.50. The molecule has 2 amide bonds. The lowest BCUT2D eigenvalue weighted by atomic mass is 9.92. The van der Waals surface area contributed by atoms with E-state index in [4.69, 9.17) is 0 Å². The number of hydrogen-bond donors (Lipinski definition) is 3. The minimum Gasteiger partial charge on any atom is -0.358 e. The van der Waals surface area contributed by atoms with Crippen LogP contribution >= 0.6 is 0 Å². The van der Waals surface area contributed by atoms with Crippen molar-refractivity contribution in [1.82, 2.24) is 10.3 Å². The monoisotopic (exact) mass is 319 g/mol. The molecule has 1 unspecified atom stereocenters. The van der Waals surface area contributed by atoms with E-state index in [0.29, 0.717) is 0 Å². The molecule has 3 N–H and O–H groups in total. The van der Waals surface area contributed by atoms with Crippen LogP contribution in [0.2, 0.25) is 0 Å². The molecule has 4 rings (SSSR count). The van der Waals surface area contributed by atoms with Gasteiger partial charge in [-0.3, -0.25) is 0 Å². The number of anilines is 1. The molecule has 2 aromatic carbocycles. The summed E-state index contributed by atoms with van der Waals surface area (Å²) in [7, 11) is 0. The predicted molar refractivity (Wildman–Crippen MR) is 97.4 cm³/mol. The molecule has 4 nitrogen and oxygen atoms in total. The van der Waals surface area contributed by atoms with Crippen molar-refractivity contribution in [3.63, 3.8) is 0 Å². The molecule has 0 spiro atoms. The third kappa shape index (κ3) is 2.87. The van der Waals surface area contributed by atoms with Crippen molar-refractivity contribution in [2.24, 2.45) is 0 Å². The number of nitrogens with one attached hydrogen (secondary N) is 3. The molecule has 1 aliphatic rings. The van der Waals surface area contributed by atoms with E-state index in [2.05, 4.69) is 39.9 Å². The molecule has 122 valence electrons. The van der Waals surface area contributed by atoms with E-state index >= 15 is 0 Å². The lowest BCUT2D eigenvalue weighted by Crippen LogP contribution is -2.41. The molecule has 3 aromatic rings. The molecule has 1 aromatic heterocycles. The molecule has 0 saturated heterocycles. The summed E-state index contributed by atoms with van der Waals surface area (Å²) < 4.78 is 0. The maximum Gasteiger partial charge on any atom is 0.319 e. The van der Waals surface area contributed by atoms with E-state index in [-0.39, 0.29) is 12.1 Å². The normalized spacial score (nSPS) is 16.6. The Hall–Kier alpha value is -2.75. The van der Waals surface area contributed by atoms with Crippen molar-refractivity contribution in [1.29, 1.82) is 0 Å². The van der Waals surface area contributed by atoms with Crippen molar-refractivity contribution in [2.45, 2.75) is 32.2 Å². The maximum absolute atomic E-state index is 12.2. The Morgan fingerprint density at radius 3 is 2.75 bits per heavy atom. The Kier molecular flexibility index (Phi) is 3.73.